The van der Waals surface area contributed by atoms with Gasteiger partial charge in [-0.05, 0) is 48.6 Å². The molecule has 0 aliphatic carbocycles. The molecule has 4 rings (SSSR count). The molecular weight excluding hydrogens is 350 g/mol. The molecule has 2 atom stereocenters. The molecule has 1 aromatic heterocycles. The molecule has 140 valence electrons. The van der Waals surface area contributed by atoms with Crippen molar-refractivity contribution in [3.63, 3.8) is 0 Å². The Morgan fingerprint density at radius 2 is 1.74 bits per heavy atom. The van der Waals surface area contributed by atoms with Crippen LogP contribution in [0.5, 0.6) is 0 Å². The van der Waals surface area contributed by atoms with Crippen LogP contribution in [0.25, 0.3) is 10.1 Å². The van der Waals surface area contributed by atoms with Crippen molar-refractivity contribution in [3.05, 3.63) is 82.8 Å². The highest BCUT2D eigenvalue weighted by atomic mass is 32.1. The van der Waals surface area contributed by atoms with Crippen molar-refractivity contribution in [1.29, 1.82) is 0 Å². The molecule has 27 heavy (non-hydrogen) atoms. The second kappa shape index (κ2) is 8.39. The summed E-state index contributed by atoms with van der Waals surface area (Å²) < 4.78 is 1.25. The molecule has 1 saturated heterocycles. The van der Waals surface area contributed by atoms with Gasteiger partial charge < -0.3 is 5.11 Å². The van der Waals surface area contributed by atoms with Gasteiger partial charge in [-0.3, -0.25) is 4.90 Å². The van der Waals surface area contributed by atoms with E-state index in [0.717, 1.165) is 37.9 Å². The zero-order valence-corrected chi connectivity index (χ0v) is 16.7. The van der Waals surface area contributed by atoms with Crippen LogP contribution in [-0.4, -0.2) is 29.1 Å². The van der Waals surface area contributed by atoms with Crippen LogP contribution in [0.2, 0.25) is 0 Å². The number of hydrogen-bond donors (Lipinski definition) is 1. The fourth-order valence-corrected chi connectivity index (χ4v) is 4.98. The highest BCUT2D eigenvalue weighted by Gasteiger charge is 2.27. The second-order valence-corrected chi connectivity index (χ2v) is 8.37. The Labute approximate surface area is 165 Å². The van der Waals surface area contributed by atoms with Crippen molar-refractivity contribution in [3.8, 4) is 0 Å². The quantitative estimate of drug-likeness (QED) is 0.586. The van der Waals surface area contributed by atoms with E-state index in [0.29, 0.717) is 0 Å². The summed E-state index contributed by atoms with van der Waals surface area (Å²) in [6, 6.07) is 19.2. The first-order valence-corrected chi connectivity index (χ1v) is 10.7. The van der Waals surface area contributed by atoms with Crippen molar-refractivity contribution in [2.75, 3.05) is 13.1 Å². The van der Waals surface area contributed by atoms with E-state index in [4.69, 9.17) is 0 Å². The SMILES string of the molecule is C[C@@H]([C@H](O)c1csc2ccccc12)N1CCC(=CCc2ccccc2)CC1. The lowest BCUT2D eigenvalue weighted by atomic mass is 9.96. The van der Waals surface area contributed by atoms with Gasteiger partial charge in [0.25, 0.3) is 0 Å². The number of hydrogen-bond acceptors (Lipinski definition) is 3. The second-order valence-electron chi connectivity index (χ2n) is 7.46. The molecule has 0 spiro atoms. The Morgan fingerprint density at radius 3 is 2.52 bits per heavy atom. The number of thiophene rings is 1. The predicted molar refractivity (Wildman–Crippen MR) is 115 cm³/mol. The zero-order chi connectivity index (χ0) is 18.6. The molecule has 2 heterocycles. The molecule has 2 nitrogen and oxygen atoms in total. The van der Waals surface area contributed by atoms with Gasteiger partial charge in [-0.1, -0.05) is 60.2 Å². The monoisotopic (exact) mass is 377 g/mol. The maximum Gasteiger partial charge on any atom is 0.0956 e. The fourth-order valence-electron chi connectivity index (χ4n) is 3.99. The first-order valence-electron chi connectivity index (χ1n) is 9.82. The molecule has 0 bridgehead atoms. The number of piperidine rings is 1. The van der Waals surface area contributed by atoms with Crippen LogP contribution in [-0.2, 0) is 6.42 Å². The molecule has 1 N–H and O–H groups in total. The average molecular weight is 378 g/mol. The van der Waals surface area contributed by atoms with E-state index >= 15 is 0 Å². The lowest BCUT2D eigenvalue weighted by molar-refractivity contribution is 0.0544. The summed E-state index contributed by atoms with van der Waals surface area (Å²) in [7, 11) is 0. The van der Waals surface area contributed by atoms with Gasteiger partial charge in [0.1, 0.15) is 0 Å². The smallest absolute Gasteiger partial charge is 0.0956 e. The van der Waals surface area contributed by atoms with Crippen LogP contribution in [0.3, 0.4) is 0 Å². The molecule has 3 aromatic rings. The third kappa shape index (κ3) is 4.16. The van der Waals surface area contributed by atoms with E-state index in [1.165, 1.54) is 15.6 Å². The van der Waals surface area contributed by atoms with E-state index < -0.39 is 6.10 Å². The first kappa shape index (κ1) is 18.4. The molecule has 0 unspecified atom stereocenters. The maximum absolute atomic E-state index is 11.0. The van der Waals surface area contributed by atoms with Crippen molar-refractivity contribution < 1.29 is 5.11 Å². The minimum absolute atomic E-state index is 0.138. The Kier molecular flexibility index (Phi) is 5.72. The van der Waals surface area contributed by atoms with Crippen molar-refractivity contribution >= 4 is 21.4 Å². The van der Waals surface area contributed by atoms with Gasteiger partial charge in [-0.15, -0.1) is 11.3 Å². The van der Waals surface area contributed by atoms with E-state index in [-0.39, 0.29) is 6.04 Å². The summed E-state index contributed by atoms with van der Waals surface area (Å²) >= 11 is 1.72. The summed E-state index contributed by atoms with van der Waals surface area (Å²) in [5.41, 5.74) is 4.01. The van der Waals surface area contributed by atoms with E-state index in [2.05, 4.69) is 77.9 Å². The number of allylic oxidation sites excluding steroid dienone is 1. The molecular formula is C24H27NOS. The van der Waals surface area contributed by atoms with Crippen molar-refractivity contribution in [1.82, 2.24) is 4.90 Å². The van der Waals surface area contributed by atoms with Crippen LogP contribution in [0.15, 0.2) is 71.6 Å². The average Bonchev–Trinajstić information content (AvgIpc) is 3.16. The highest BCUT2D eigenvalue weighted by molar-refractivity contribution is 7.17. The number of rotatable bonds is 5. The normalized spacial score (nSPS) is 17.8. The van der Waals surface area contributed by atoms with Crippen LogP contribution in [0.4, 0.5) is 0 Å². The predicted octanol–water partition coefficient (Wildman–Crippen LogP) is 5.59. The molecule has 3 heteroatoms. The molecule has 1 fully saturated rings. The van der Waals surface area contributed by atoms with Crippen LogP contribution < -0.4 is 0 Å². The fraction of sp³-hybridized carbons (Fsp3) is 0.333. The van der Waals surface area contributed by atoms with Gasteiger partial charge in [0.15, 0.2) is 0 Å². The lowest BCUT2D eigenvalue weighted by Crippen LogP contribution is -2.41. The van der Waals surface area contributed by atoms with Gasteiger partial charge in [-0.25, -0.2) is 0 Å². The van der Waals surface area contributed by atoms with E-state index in [9.17, 15) is 5.11 Å². The molecule has 0 radical (unpaired) electrons. The molecule has 1 aliphatic rings. The largest absolute Gasteiger partial charge is 0.387 e. The minimum Gasteiger partial charge on any atom is -0.387 e. The summed E-state index contributed by atoms with van der Waals surface area (Å²) in [4.78, 5) is 2.44. The third-order valence-corrected chi connectivity index (χ3v) is 6.75. The van der Waals surface area contributed by atoms with E-state index in [1.807, 2.05) is 0 Å². The van der Waals surface area contributed by atoms with Crippen molar-refractivity contribution in [2.24, 2.45) is 0 Å². The zero-order valence-electron chi connectivity index (χ0n) is 15.8. The molecule has 0 saturated carbocycles. The number of fused-ring (bicyclic) bond motifs is 1. The standard InChI is InChI=1S/C24H27NOS/c1-18(24(26)22-17-27-23-10-6-5-9-21(22)23)25-15-13-20(14-16-25)12-11-19-7-3-2-4-8-19/h2-10,12,17-18,24,26H,11,13-16H2,1H3/t18-,24-/m0/s1. The number of benzene rings is 2. The molecule has 1 aliphatic heterocycles. The summed E-state index contributed by atoms with van der Waals surface area (Å²) in [6.07, 6.45) is 5.20. The van der Waals surface area contributed by atoms with Gasteiger partial charge in [0, 0.05) is 29.4 Å². The highest BCUT2D eigenvalue weighted by Crippen LogP contribution is 2.34. The number of aliphatic hydroxyl groups excluding tert-OH is 1. The topological polar surface area (TPSA) is 23.5 Å². The van der Waals surface area contributed by atoms with Crippen LogP contribution in [0, 0.1) is 0 Å². The summed E-state index contributed by atoms with van der Waals surface area (Å²) in [5, 5.41) is 14.3. The lowest BCUT2D eigenvalue weighted by Gasteiger charge is -2.36. The summed E-state index contributed by atoms with van der Waals surface area (Å²) in [6.45, 7) is 4.22. The van der Waals surface area contributed by atoms with Gasteiger partial charge in [-0.2, -0.15) is 0 Å². The minimum atomic E-state index is -0.434. The van der Waals surface area contributed by atoms with Crippen LogP contribution >= 0.6 is 11.3 Å². The number of likely N-dealkylation sites (tertiary alicyclic amines) is 1. The van der Waals surface area contributed by atoms with Gasteiger partial charge >= 0.3 is 0 Å². The Hall–Kier alpha value is -1.94. The Morgan fingerprint density at radius 1 is 1.04 bits per heavy atom. The molecule has 0 amide bonds. The maximum atomic E-state index is 11.0. The Balaban J connectivity index is 1.37. The van der Waals surface area contributed by atoms with Crippen LogP contribution in [0.1, 0.15) is 37.0 Å². The number of aliphatic hydroxyl groups is 1. The number of nitrogens with zero attached hydrogens (tertiary/aromatic N) is 1. The van der Waals surface area contributed by atoms with Crippen molar-refractivity contribution in [2.45, 2.75) is 38.3 Å². The van der Waals surface area contributed by atoms with E-state index in [1.54, 1.807) is 16.9 Å². The van der Waals surface area contributed by atoms with Gasteiger partial charge in [0.05, 0.1) is 6.10 Å². The third-order valence-electron chi connectivity index (χ3n) is 5.77. The molecule has 2 aromatic carbocycles. The Bertz CT molecular complexity index is 904. The van der Waals surface area contributed by atoms with Gasteiger partial charge in [0.2, 0.25) is 0 Å². The first-order chi connectivity index (χ1) is 13.2. The summed E-state index contributed by atoms with van der Waals surface area (Å²) in [5.74, 6) is 0.